The van der Waals surface area contributed by atoms with Crippen LogP contribution in [0.15, 0.2) is 29.4 Å². The van der Waals surface area contributed by atoms with Gasteiger partial charge in [-0.3, -0.25) is 4.79 Å². The number of amides is 1. The molecule has 1 aromatic carbocycles. The minimum absolute atomic E-state index is 0.0683. The van der Waals surface area contributed by atoms with Gasteiger partial charge >= 0.3 is 0 Å². The zero-order valence-corrected chi connectivity index (χ0v) is 14.6. The first kappa shape index (κ1) is 17.3. The van der Waals surface area contributed by atoms with Crippen molar-refractivity contribution in [2.75, 3.05) is 12.9 Å². The topological polar surface area (TPSA) is 81.9 Å². The van der Waals surface area contributed by atoms with E-state index in [9.17, 15) is 4.79 Å². The van der Waals surface area contributed by atoms with Crippen LogP contribution in [-0.2, 0) is 16.9 Å². The van der Waals surface area contributed by atoms with Crippen molar-refractivity contribution >= 4 is 17.7 Å². The molecule has 0 aliphatic rings. The van der Waals surface area contributed by atoms with Crippen LogP contribution in [0.4, 0.5) is 0 Å². The van der Waals surface area contributed by atoms with Crippen LogP contribution in [0.2, 0.25) is 0 Å². The number of aromatic nitrogens is 4. The lowest BCUT2D eigenvalue weighted by molar-refractivity contribution is -0.118. The monoisotopic (exact) mass is 335 g/mol. The van der Waals surface area contributed by atoms with Crippen LogP contribution >= 0.6 is 11.8 Å². The Labute approximate surface area is 139 Å². The van der Waals surface area contributed by atoms with E-state index >= 15 is 0 Å². The summed E-state index contributed by atoms with van der Waals surface area (Å²) < 4.78 is 6.88. The van der Waals surface area contributed by atoms with E-state index in [2.05, 4.69) is 20.8 Å². The number of tetrazole rings is 1. The van der Waals surface area contributed by atoms with Gasteiger partial charge in [-0.1, -0.05) is 23.9 Å². The Balaban J connectivity index is 1.85. The zero-order valence-electron chi connectivity index (χ0n) is 13.7. The molecule has 2 rings (SSSR count). The molecule has 8 heteroatoms. The second-order valence-corrected chi connectivity index (χ2v) is 6.90. The molecule has 1 amide bonds. The number of rotatable bonds is 6. The lowest BCUT2D eigenvalue weighted by Gasteiger charge is -2.19. The molecular formula is C15H21N5O2S. The normalized spacial score (nSPS) is 11.3. The van der Waals surface area contributed by atoms with Crippen molar-refractivity contribution in [3.63, 3.8) is 0 Å². The van der Waals surface area contributed by atoms with Gasteiger partial charge in [-0.2, -0.15) is 0 Å². The lowest BCUT2D eigenvalue weighted by Crippen LogP contribution is -2.26. The summed E-state index contributed by atoms with van der Waals surface area (Å²) in [6.45, 7) is 6.49. The zero-order chi connectivity index (χ0) is 16.9. The second kappa shape index (κ2) is 7.45. The Bertz CT molecular complexity index is 666. The molecule has 1 N–H and O–H groups in total. The molecule has 0 aliphatic heterocycles. The Kier molecular flexibility index (Phi) is 5.59. The summed E-state index contributed by atoms with van der Waals surface area (Å²) in [5.74, 6) is 0.970. The summed E-state index contributed by atoms with van der Waals surface area (Å²) in [4.78, 5) is 12.0. The molecule has 0 saturated carbocycles. The molecule has 7 nitrogen and oxygen atoms in total. The standard InChI is InChI=1S/C15H21N5O2S/c1-15(2,3)20-14(17-18-19-20)23-10-13(21)16-9-11-6-5-7-12(8-11)22-4/h5-8H,9-10H2,1-4H3,(H,16,21). The number of carbonyl (C=O) groups excluding carboxylic acids is 1. The van der Waals surface area contributed by atoms with E-state index in [4.69, 9.17) is 4.74 Å². The van der Waals surface area contributed by atoms with Crippen molar-refractivity contribution in [2.24, 2.45) is 0 Å². The van der Waals surface area contributed by atoms with Gasteiger partial charge in [0.05, 0.1) is 18.4 Å². The van der Waals surface area contributed by atoms with Crippen LogP contribution in [0.25, 0.3) is 0 Å². The van der Waals surface area contributed by atoms with E-state index < -0.39 is 0 Å². The van der Waals surface area contributed by atoms with Gasteiger partial charge in [0, 0.05) is 6.54 Å². The van der Waals surface area contributed by atoms with Gasteiger partial charge in [-0.05, 0) is 48.9 Å². The molecule has 1 aromatic heterocycles. The van der Waals surface area contributed by atoms with Gasteiger partial charge < -0.3 is 10.1 Å². The highest BCUT2D eigenvalue weighted by Gasteiger charge is 2.20. The maximum atomic E-state index is 12.0. The minimum atomic E-state index is -0.219. The van der Waals surface area contributed by atoms with Crippen molar-refractivity contribution in [3.05, 3.63) is 29.8 Å². The van der Waals surface area contributed by atoms with E-state index in [0.29, 0.717) is 11.7 Å². The number of benzene rings is 1. The van der Waals surface area contributed by atoms with Crippen LogP contribution in [0.1, 0.15) is 26.3 Å². The number of thioether (sulfide) groups is 1. The molecule has 124 valence electrons. The summed E-state index contributed by atoms with van der Waals surface area (Å²) in [5.41, 5.74) is 0.769. The first-order chi connectivity index (χ1) is 10.9. The smallest absolute Gasteiger partial charge is 0.230 e. The van der Waals surface area contributed by atoms with Crippen LogP contribution < -0.4 is 10.1 Å². The Morgan fingerprint density at radius 3 is 2.87 bits per heavy atom. The third-order valence-electron chi connectivity index (χ3n) is 3.03. The van der Waals surface area contributed by atoms with Crippen molar-refractivity contribution in [1.82, 2.24) is 25.5 Å². The Morgan fingerprint density at radius 2 is 2.17 bits per heavy atom. The summed E-state index contributed by atoms with van der Waals surface area (Å²) in [7, 11) is 1.62. The first-order valence-corrected chi connectivity index (χ1v) is 8.20. The van der Waals surface area contributed by atoms with Gasteiger partial charge in [0.1, 0.15) is 5.75 Å². The van der Waals surface area contributed by atoms with Crippen LogP contribution in [0.5, 0.6) is 5.75 Å². The molecular weight excluding hydrogens is 314 g/mol. The van der Waals surface area contributed by atoms with Gasteiger partial charge in [-0.15, -0.1) is 5.10 Å². The Hall–Kier alpha value is -2.09. The molecule has 0 fully saturated rings. The number of nitrogens with zero attached hydrogens (tertiary/aromatic N) is 4. The maximum absolute atomic E-state index is 12.0. The van der Waals surface area contributed by atoms with E-state index in [0.717, 1.165) is 11.3 Å². The number of carbonyl (C=O) groups is 1. The second-order valence-electron chi connectivity index (χ2n) is 5.96. The average Bonchev–Trinajstić information content (AvgIpc) is 3.00. The van der Waals surface area contributed by atoms with E-state index in [1.54, 1.807) is 11.8 Å². The number of hydrogen-bond donors (Lipinski definition) is 1. The molecule has 23 heavy (non-hydrogen) atoms. The first-order valence-electron chi connectivity index (χ1n) is 7.21. The molecule has 0 radical (unpaired) electrons. The van der Waals surface area contributed by atoms with E-state index in [1.807, 2.05) is 45.0 Å². The van der Waals surface area contributed by atoms with Crippen LogP contribution in [0, 0.1) is 0 Å². The van der Waals surface area contributed by atoms with Crippen LogP contribution in [0.3, 0.4) is 0 Å². The van der Waals surface area contributed by atoms with Gasteiger partial charge in [0.2, 0.25) is 11.1 Å². The summed E-state index contributed by atoms with van der Waals surface area (Å²) in [6.07, 6.45) is 0. The summed E-state index contributed by atoms with van der Waals surface area (Å²) in [6, 6.07) is 7.60. The molecule has 0 spiro atoms. The Morgan fingerprint density at radius 1 is 1.39 bits per heavy atom. The van der Waals surface area contributed by atoms with Gasteiger partial charge in [0.15, 0.2) is 0 Å². The highest BCUT2D eigenvalue weighted by atomic mass is 32.2. The number of nitrogens with one attached hydrogen (secondary N) is 1. The number of ether oxygens (including phenoxy) is 1. The largest absolute Gasteiger partial charge is 0.497 e. The van der Waals surface area contributed by atoms with Crippen molar-refractivity contribution in [2.45, 2.75) is 38.0 Å². The fraction of sp³-hybridized carbons (Fsp3) is 0.467. The molecule has 0 unspecified atom stereocenters. The third kappa shape index (κ3) is 4.95. The van der Waals surface area contributed by atoms with Gasteiger partial charge in [-0.25, -0.2) is 4.68 Å². The van der Waals surface area contributed by atoms with Gasteiger partial charge in [0.25, 0.3) is 0 Å². The highest BCUT2D eigenvalue weighted by Crippen LogP contribution is 2.21. The fourth-order valence-electron chi connectivity index (χ4n) is 1.85. The molecule has 0 aliphatic carbocycles. The lowest BCUT2D eigenvalue weighted by atomic mass is 10.1. The predicted molar refractivity (Wildman–Crippen MR) is 88.4 cm³/mol. The van der Waals surface area contributed by atoms with Crippen molar-refractivity contribution < 1.29 is 9.53 Å². The average molecular weight is 335 g/mol. The van der Waals surface area contributed by atoms with Crippen molar-refractivity contribution in [3.8, 4) is 5.75 Å². The molecule has 0 saturated heterocycles. The van der Waals surface area contributed by atoms with Crippen LogP contribution in [-0.4, -0.2) is 39.0 Å². The summed E-state index contributed by atoms with van der Waals surface area (Å²) in [5, 5.41) is 15.1. The summed E-state index contributed by atoms with van der Waals surface area (Å²) >= 11 is 1.32. The number of hydrogen-bond acceptors (Lipinski definition) is 6. The maximum Gasteiger partial charge on any atom is 0.230 e. The molecule has 0 atom stereocenters. The van der Waals surface area contributed by atoms with Crippen molar-refractivity contribution in [1.29, 1.82) is 0 Å². The fourth-order valence-corrected chi connectivity index (χ4v) is 2.74. The SMILES string of the molecule is COc1cccc(CNC(=O)CSc2nnnn2C(C)(C)C)c1. The number of methoxy groups -OCH3 is 1. The highest BCUT2D eigenvalue weighted by molar-refractivity contribution is 7.99. The third-order valence-corrected chi connectivity index (χ3v) is 3.95. The quantitative estimate of drug-likeness (QED) is 0.811. The molecule has 2 aromatic rings. The minimum Gasteiger partial charge on any atom is -0.497 e. The van der Waals surface area contributed by atoms with E-state index in [-0.39, 0.29) is 17.2 Å². The molecule has 1 heterocycles. The molecule has 0 bridgehead atoms. The predicted octanol–water partition coefficient (Wildman–Crippen LogP) is 1.85. The van der Waals surface area contributed by atoms with E-state index in [1.165, 1.54) is 11.8 Å².